The molecule has 0 radical (unpaired) electrons. The highest BCUT2D eigenvalue weighted by atomic mass is 79.9. The molecule has 0 amide bonds. The Morgan fingerprint density at radius 2 is 1.77 bits per heavy atom. The number of nitrogens with zero attached hydrogens (tertiary/aromatic N) is 3. The number of ketones is 1. The number of Topliss-reactive ketones (excluding diaryl/α,β-unsaturated/α-hetero) is 1. The van der Waals surface area contributed by atoms with Crippen molar-refractivity contribution in [3.05, 3.63) is 74.6 Å². The summed E-state index contributed by atoms with van der Waals surface area (Å²) < 4.78 is 9.35. The van der Waals surface area contributed by atoms with Gasteiger partial charge in [-0.05, 0) is 106 Å². The summed E-state index contributed by atoms with van der Waals surface area (Å²) in [5.74, 6) is 0.986. The molecule has 39 heavy (non-hydrogen) atoms. The van der Waals surface area contributed by atoms with Crippen molar-refractivity contribution in [2.45, 2.75) is 110 Å². The summed E-state index contributed by atoms with van der Waals surface area (Å²) in [4.78, 5) is 17.2. The molecule has 0 spiro atoms. The molecule has 0 aliphatic heterocycles. The molecule has 0 saturated carbocycles. The molecule has 5 nitrogen and oxygen atoms in total. The van der Waals surface area contributed by atoms with E-state index in [0.29, 0.717) is 19.4 Å². The van der Waals surface area contributed by atoms with Crippen LogP contribution < -0.4 is 4.74 Å². The Labute approximate surface area is 242 Å². The zero-order valence-electron chi connectivity index (χ0n) is 24.7. The zero-order chi connectivity index (χ0) is 28.4. The summed E-state index contributed by atoms with van der Waals surface area (Å²) in [6, 6.07) is 13.0. The van der Waals surface area contributed by atoms with Crippen molar-refractivity contribution in [1.29, 1.82) is 0 Å². The van der Waals surface area contributed by atoms with Crippen LogP contribution in [0.2, 0.25) is 0 Å². The molecule has 0 N–H and O–H groups in total. The molecule has 1 aliphatic carbocycles. The van der Waals surface area contributed by atoms with Gasteiger partial charge in [0.25, 0.3) is 0 Å². The lowest BCUT2D eigenvalue weighted by Crippen LogP contribution is -2.25. The number of carbonyl (C=O) groups excluding carboxylic acids is 1. The molecule has 0 bridgehead atoms. The SMILES string of the molecule is CC(=O)CC(Cc1cc(OCCc2ccc3c(n2)CCCC3)n(C(C)(C)C)n1)c1cc(Br)cc(C(C)(C)C)c1. The number of hydrogen-bond donors (Lipinski definition) is 0. The van der Waals surface area contributed by atoms with Crippen molar-refractivity contribution in [1.82, 2.24) is 14.8 Å². The number of benzene rings is 1. The lowest BCUT2D eigenvalue weighted by atomic mass is 9.82. The van der Waals surface area contributed by atoms with E-state index in [1.54, 1.807) is 6.92 Å². The molecule has 2 aromatic heterocycles. The van der Waals surface area contributed by atoms with E-state index in [9.17, 15) is 4.79 Å². The number of pyridine rings is 1. The Bertz CT molecular complexity index is 1310. The molecule has 1 aliphatic rings. The molecule has 1 unspecified atom stereocenters. The maximum absolute atomic E-state index is 12.3. The van der Waals surface area contributed by atoms with Crippen molar-refractivity contribution in [3.63, 3.8) is 0 Å². The molecule has 0 fully saturated rings. The van der Waals surface area contributed by atoms with Crippen LogP contribution in [0.5, 0.6) is 5.88 Å². The van der Waals surface area contributed by atoms with Crippen LogP contribution in [0.4, 0.5) is 0 Å². The first-order chi connectivity index (χ1) is 18.3. The first-order valence-electron chi connectivity index (χ1n) is 14.3. The maximum Gasteiger partial charge on any atom is 0.212 e. The minimum absolute atomic E-state index is 0.0149. The second kappa shape index (κ2) is 12.0. The van der Waals surface area contributed by atoms with Gasteiger partial charge >= 0.3 is 0 Å². The van der Waals surface area contributed by atoms with Gasteiger partial charge in [-0.25, -0.2) is 4.68 Å². The number of fused-ring (bicyclic) bond motifs is 1. The summed E-state index contributed by atoms with van der Waals surface area (Å²) in [7, 11) is 0. The van der Waals surface area contributed by atoms with Crippen molar-refractivity contribution in [2.75, 3.05) is 6.61 Å². The average Bonchev–Trinajstić information content (AvgIpc) is 3.25. The fourth-order valence-corrected chi connectivity index (χ4v) is 5.82. The Morgan fingerprint density at radius 3 is 2.46 bits per heavy atom. The third-order valence-corrected chi connectivity index (χ3v) is 7.91. The maximum atomic E-state index is 12.3. The van der Waals surface area contributed by atoms with Crippen molar-refractivity contribution in [3.8, 4) is 5.88 Å². The van der Waals surface area contributed by atoms with Crippen LogP contribution in [0.15, 0.2) is 40.9 Å². The quantitative estimate of drug-likeness (QED) is 0.253. The summed E-state index contributed by atoms with van der Waals surface area (Å²) in [5.41, 5.74) is 6.89. The second-order valence-corrected chi connectivity index (χ2v) is 14.0. The summed E-state index contributed by atoms with van der Waals surface area (Å²) >= 11 is 3.71. The van der Waals surface area contributed by atoms with Crippen molar-refractivity contribution < 1.29 is 9.53 Å². The average molecular weight is 595 g/mol. The van der Waals surface area contributed by atoms with E-state index in [1.807, 2.05) is 4.68 Å². The molecular weight excluding hydrogens is 550 g/mol. The van der Waals surface area contributed by atoms with Crippen LogP contribution in [0, 0.1) is 0 Å². The zero-order valence-corrected chi connectivity index (χ0v) is 26.3. The Balaban J connectivity index is 1.54. The molecule has 2 heterocycles. The van der Waals surface area contributed by atoms with Crippen LogP contribution in [-0.2, 0) is 41.4 Å². The van der Waals surface area contributed by atoms with Gasteiger partial charge in [0.2, 0.25) is 5.88 Å². The first kappa shape index (κ1) is 29.5. The van der Waals surface area contributed by atoms with Gasteiger partial charge in [0.1, 0.15) is 5.78 Å². The number of aryl methyl sites for hydroxylation is 2. The fraction of sp³-hybridized carbons (Fsp3) is 0.545. The van der Waals surface area contributed by atoms with E-state index in [2.05, 4.69) is 93.9 Å². The van der Waals surface area contributed by atoms with Gasteiger partial charge < -0.3 is 9.53 Å². The highest BCUT2D eigenvalue weighted by Gasteiger charge is 2.25. The molecule has 1 atom stereocenters. The minimum Gasteiger partial charge on any atom is -0.477 e. The van der Waals surface area contributed by atoms with Gasteiger partial charge in [-0.15, -0.1) is 0 Å². The number of ether oxygens (including phenoxy) is 1. The van der Waals surface area contributed by atoms with Crippen LogP contribution in [0.3, 0.4) is 0 Å². The van der Waals surface area contributed by atoms with E-state index >= 15 is 0 Å². The van der Waals surface area contributed by atoms with Crippen molar-refractivity contribution >= 4 is 21.7 Å². The molecule has 3 aromatic rings. The summed E-state index contributed by atoms with van der Waals surface area (Å²) in [6.45, 7) is 15.3. The van der Waals surface area contributed by atoms with Gasteiger partial charge in [-0.1, -0.05) is 48.8 Å². The van der Waals surface area contributed by atoms with Gasteiger partial charge in [0.15, 0.2) is 0 Å². The predicted octanol–water partition coefficient (Wildman–Crippen LogP) is 7.90. The monoisotopic (exact) mass is 593 g/mol. The molecule has 6 heteroatoms. The van der Waals surface area contributed by atoms with Gasteiger partial charge in [-0.3, -0.25) is 4.98 Å². The summed E-state index contributed by atoms with van der Waals surface area (Å²) in [6.07, 6.45) is 6.64. The lowest BCUT2D eigenvalue weighted by Gasteiger charge is -2.23. The van der Waals surface area contributed by atoms with E-state index in [1.165, 1.54) is 29.7 Å². The van der Waals surface area contributed by atoms with Gasteiger partial charge in [-0.2, -0.15) is 5.10 Å². The standard InChI is InChI=1S/C33H44BrN3O2/c1-22(38)16-24(25-17-26(32(2,3)4)20-27(34)18-25)19-29-21-31(37(36-29)33(5,6)7)39-15-14-28-13-12-23-10-8-9-11-30(23)35-28/h12-13,17-18,20-21,24H,8-11,14-16,19H2,1-7H3. The highest BCUT2D eigenvalue weighted by molar-refractivity contribution is 9.10. The normalized spacial score (nSPS) is 14.7. The van der Waals surface area contributed by atoms with E-state index in [0.717, 1.165) is 46.6 Å². The molecule has 210 valence electrons. The van der Waals surface area contributed by atoms with Crippen LogP contribution >= 0.6 is 15.9 Å². The third kappa shape index (κ3) is 7.81. The Hall–Kier alpha value is -2.47. The Kier molecular flexibility index (Phi) is 9.05. The van der Waals surface area contributed by atoms with Gasteiger partial charge in [0.05, 0.1) is 17.8 Å². The van der Waals surface area contributed by atoms with Crippen LogP contribution in [-0.4, -0.2) is 27.2 Å². The molecular formula is C33H44BrN3O2. The summed E-state index contributed by atoms with van der Waals surface area (Å²) in [5, 5.41) is 4.98. The molecule has 4 rings (SSSR count). The van der Waals surface area contributed by atoms with Crippen LogP contribution in [0.25, 0.3) is 0 Å². The number of halogens is 1. The fourth-order valence-electron chi connectivity index (χ4n) is 5.31. The van der Waals surface area contributed by atoms with Gasteiger partial charge in [0, 0.05) is 34.8 Å². The molecule has 0 saturated heterocycles. The predicted molar refractivity (Wildman–Crippen MR) is 162 cm³/mol. The molecule has 1 aromatic carbocycles. The number of hydrogen-bond acceptors (Lipinski definition) is 4. The second-order valence-electron chi connectivity index (χ2n) is 13.1. The number of aromatic nitrogens is 3. The largest absolute Gasteiger partial charge is 0.477 e. The topological polar surface area (TPSA) is 57.0 Å². The smallest absolute Gasteiger partial charge is 0.212 e. The Morgan fingerprint density at radius 1 is 1.03 bits per heavy atom. The van der Waals surface area contributed by atoms with Crippen LogP contribution in [0.1, 0.15) is 107 Å². The third-order valence-electron chi connectivity index (χ3n) is 7.45. The first-order valence-corrected chi connectivity index (χ1v) is 15.1. The number of carbonyl (C=O) groups is 1. The van der Waals surface area contributed by atoms with E-state index < -0.39 is 0 Å². The highest BCUT2D eigenvalue weighted by Crippen LogP contribution is 2.34. The van der Waals surface area contributed by atoms with E-state index in [4.69, 9.17) is 14.8 Å². The minimum atomic E-state index is -0.233. The van der Waals surface area contributed by atoms with E-state index in [-0.39, 0.29) is 22.7 Å². The number of rotatable bonds is 9. The lowest BCUT2D eigenvalue weighted by molar-refractivity contribution is -0.117. The van der Waals surface area contributed by atoms with Crippen molar-refractivity contribution in [2.24, 2.45) is 0 Å².